The Hall–Kier alpha value is -1.13. The van der Waals surface area contributed by atoms with E-state index in [1.807, 2.05) is 7.05 Å². The van der Waals surface area contributed by atoms with E-state index in [1.165, 1.54) is 18.2 Å². The molecule has 1 atom stereocenters. The van der Waals surface area contributed by atoms with E-state index < -0.39 is 11.7 Å². The van der Waals surface area contributed by atoms with Crippen LogP contribution in [0.5, 0.6) is 0 Å². The van der Waals surface area contributed by atoms with Gasteiger partial charge in [-0.25, -0.2) is 4.39 Å². The zero-order valence-corrected chi connectivity index (χ0v) is 12.3. The van der Waals surface area contributed by atoms with E-state index in [4.69, 9.17) is 11.6 Å². The molecule has 19 heavy (non-hydrogen) atoms. The minimum atomic E-state index is -0.558. The van der Waals surface area contributed by atoms with E-state index in [9.17, 15) is 9.18 Å². The molecule has 106 valence electrons. The van der Waals surface area contributed by atoms with Gasteiger partial charge in [0, 0.05) is 24.2 Å². The minimum Gasteiger partial charge on any atom is -0.351 e. The Morgan fingerprint density at radius 1 is 1.53 bits per heavy atom. The van der Waals surface area contributed by atoms with Crippen molar-refractivity contribution >= 4 is 17.5 Å². The van der Waals surface area contributed by atoms with Crippen LogP contribution in [0.4, 0.5) is 4.39 Å². The van der Waals surface area contributed by atoms with Gasteiger partial charge in [-0.1, -0.05) is 18.5 Å². The Balaban J connectivity index is 2.50. The topological polar surface area (TPSA) is 32.3 Å². The van der Waals surface area contributed by atoms with Crippen molar-refractivity contribution in [1.82, 2.24) is 10.2 Å². The van der Waals surface area contributed by atoms with Crippen LogP contribution in [0.3, 0.4) is 0 Å². The molecule has 0 spiro atoms. The molecule has 1 amide bonds. The van der Waals surface area contributed by atoms with Crippen LogP contribution in [0.1, 0.15) is 30.6 Å². The van der Waals surface area contributed by atoms with Gasteiger partial charge in [0.2, 0.25) is 0 Å². The van der Waals surface area contributed by atoms with Crippen molar-refractivity contribution in [3.05, 3.63) is 34.6 Å². The molecule has 0 aliphatic carbocycles. The fourth-order valence-electron chi connectivity index (χ4n) is 1.64. The van der Waals surface area contributed by atoms with E-state index in [0.717, 1.165) is 13.0 Å². The van der Waals surface area contributed by atoms with Crippen LogP contribution in [-0.2, 0) is 0 Å². The van der Waals surface area contributed by atoms with Gasteiger partial charge in [0.1, 0.15) is 5.82 Å². The summed E-state index contributed by atoms with van der Waals surface area (Å²) in [7, 11) is 2.00. The van der Waals surface area contributed by atoms with Crippen molar-refractivity contribution in [3.8, 4) is 0 Å². The highest BCUT2D eigenvalue weighted by molar-refractivity contribution is 6.30. The fraction of sp³-hybridized carbons (Fsp3) is 0.500. The second kappa shape index (κ2) is 7.46. The number of hydrogen-bond acceptors (Lipinski definition) is 2. The van der Waals surface area contributed by atoms with Crippen molar-refractivity contribution in [3.63, 3.8) is 0 Å². The number of nitrogens with one attached hydrogen (secondary N) is 1. The van der Waals surface area contributed by atoms with Gasteiger partial charge in [-0.2, -0.15) is 0 Å². The number of hydrogen-bond donors (Lipinski definition) is 1. The first-order valence-corrected chi connectivity index (χ1v) is 6.77. The highest BCUT2D eigenvalue weighted by Gasteiger charge is 2.12. The third-order valence-corrected chi connectivity index (χ3v) is 3.50. The smallest absolute Gasteiger partial charge is 0.254 e. The first-order chi connectivity index (χ1) is 8.95. The molecule has 3 nitrogen and oxygen atoms in total. The molecule has 0 radical (unpaired) electrons. The number of carbonyl (C=O) groups is 1. The second-order valence-electron chi connectivity index (χ2n) is 4.62. The zero-order chi connectivity index (χ0) is 14.4. The Morgan fingerprint density at radius 2 is 2.21 bits per heavy atom. The van der Waals surface area contributed by atoms with Gasteiger partial charge in [0.05, 0.1) is 5.56 Å². The van der Waals surface area contributed by atoms with Crippen molar-refractivity contribution in [2.24, 2.45) is 0 Å². The average Bonchev–Trinajstić information content (AvgIpc) is 2.40. The largest absolute Gasteiger partial charge is 0.351 e. The summed E-state index contributed by atoms with van der Waals surface area (Å²) < 4.78 is 13.5. The quantitative estimate of drug-likeness (QED) is 0.872. The van der Waals surface area contributed by atoms with Gasteiger partial charge in [0.25, 0.3) is 5.91 Å². The summed E-state index contributed by atoms with van der Waals surface area (Å²) in [5.74, 6) is -0.991. The SMILES string of the molecule is CCC(C)N(C)CCNC(=O)c1cc(Cl)ccc1F. The molecule has 0 aromatic heterocycles. The van der Waals surface area contributed by atoms with Gasteiger partial charge >= 0.3 is 0 Å². The van der Waals surface area contributed by atoms with Crippen LogP contribution in [0.15, 0.2) is 18.2 Å². The van der Waals surface area contributed by atoms with Crippen LogP contribution in [-0.4, -0.2) is 37.0 Å². The minimum absolute atomic E-state index is 0.0151. The first kappa shape index (κ1) is 15.9. The molecule has 0 aliphatic rings. The van der Waals surface area contributed by atoms with Crippen molar-refractivity contribution in [2.45, 2.75) is 26.3 Å². The lowest BCUT2D eigenvalue weighted by Crippen LogP contribution is -2.37. The molecule has 0 saturated heterocycles. The molecule has 1 aromatic carbocycles. The molecule has 0 heterocycles. The highest BCUT2D eigenvalue weighted by Crippen LogP contribution is 2.14. The number of rotatable bonds is 6. The summed E-state index contributed by atoms with van der Waals surface area (Å²) in [6.07, 6.45) is 1.05. The van der Waals surface area contributed by atoms with Crippen molar-refractivity contribution in [1.29, 1.82) is 0 Å². The van der Waals surface area contributed by atoms with Crippen molar-refractivity contribution in [2.75, 3.05) is 20.1 Å². The summed E-state index contributed by atoms with van der Waals surface area (Å²) in [6, 6.07) is 4.41. The second-order valence-corrected chi connectivity index (χ2v) is 5.05. The molecular formula is C14H20ClFN2O. The molecule has 5 heteroatoms. The Morgan fingerprint density at radius 3 is 2.84 bits per heavy atom. The molecule has 0 aliphatic heterocycles. The zero-order valence-electron chi connectivity index (χ0n) is 11.5. The number of carbonyl (C=O) groups excluding carboxylic acids is 1. The number of likely N-dealkylation sites (N-methyl/N-ethyl adjacent to an activating group) is 1. The predicted octanol–water partition coefficient (Wildman–Crippen LogP) is 2.94. The molecule has 1 rings (SSSR count). The van der Waals surface area contributed by atoms with E-state index in [2.05, 4.69) is 24.1 Å². The fourth-order valence-corrected chi connectivity index (χ4v) is 1.82. The molecule has 0 saturated carbocycles. The van der Waals surface area contributed by atoms with Gasteiger partial charge in [-0.3, -0.25) is 4.79 Å². The Kier molecular flexibility index (Phi) is 6.25. The van der Waals surface area contributed by atoms with Gasteiger partial charge in [-0.15, -0.1) is 0 Å². The van der Waals surface area contributed by atoms with Crippen LogP contribution in [0.2, 0.25) is 5.02 Å². The standard InChI is InChI=1S/C14H20ClFN2O/c1-4-10(2)18(3)8-7-17-14(19)12-9-11(15)5-6-13(12)16/h5-6,9-10H,4,7-8H2,1-3H3,(H,17,19). The lowest BCUT2D eigenvalue weighted by molar-refractivity contribution is 0.0943. The monoisotopic (exact) mass is 286 g/mol. The van der Waals surface area contributed by atoms with E-state index in [-0.39, 0.29) is 5.56 Å². The number of nitrogens with zero attached hydrogens (tertiary/aromatic N) is 1. The lowest BCUT2D eigenvalue weighted by atomic mass is 10.2. The average molecular weight is 287 g/mol. The maximum atomic E-state index is 13.5. The molecule has 1 aromatic rings. The molecule has 0 fully saturated rings. The summed E-state index contributed by atoms with van der Waals surface area (Å²) in [4.78, 5) is 14.0. The van der Waals surface area contributed by atoms with Gasteiger partial charge in [0.15, 0.2) is 0 Å². The molecule has 1 N–H and O–H groups in total. The third kappa shape index (κ3) is 4.80. The molecule has 0 bridgehead atoms. The summed E-state index contributed by atoms with van der Waals surface area (Å²) in [6.45, 7) is 5.44. The summed E-state index contributed by atoms with van der Waals surface area (Å²) >= 11 is 5.75. The predicted molar refractivity (Wildman–Crippen MR) is 76.1 cm³/mol. The van der Waals surface area contributed by atoms with Gasteiger partial charge in [-0.05, 0) is 38.6 Å². The highest BCUT2D eigenvalue weighted by atomic mass is 35.5. The molecule has 1 unspecified atom stereocenters. The third-order valence-electron chi connectivity index (χ3n) is 3.27. The van der Waals surface area contributed by atoms with E-state index >= 15 is 0 Å². The lowest BCUT2D eigenvalue weighted by Gasteiger charge is -2.23. The normalized spacial score (nSPS) is 12.5. The molecular weight excluding hydrogens is 267 g/mol. The number of amides is 1. The first-order valence-electron chi connectivity index (χ1n) is 6.39. The van der Waals surface area contributed by atoms with Crippen LogP contribution in [0.25, 0.3) is 0 Å². The number of halogens is 2. The van der Waals surface area contributed by atoms with Crippen LogP contribution >= 0.6 is 11.6 Å². The van der Waals surface area contributed by atoms with Crippen molar-refractivity contribution < 1.29 is 9.18 Å². The van der Waals surface area contributed by atoms with Crippen LogP contribution in [0, 0.1) is 5.82 Å². The number of benzene rings is 1. The Bertz CT molecular complexity index is 439. The maximum Gasteiger partial charge on any atom is 0.254 e. The maximum absolute atomic E-state index is 13.5. The summed E-state index contributed by atoms with van der Waals surface area (Å²) in [5.41, 5.74) is -0.0151. The van der Waals surface area contributed by atoms with Gasteiger partial charge < -0.3 is 10.2 Å². The van der Waals surface area contributed by atoms with E-state index in [1.54, 1.807) is 0 Å². The van der Waals surface area contributed by atoms with Crippen LogP contribution < -0.4 is 5.32 Å². The van der Waals surface area contributed by atoms with E-state index in [0.29, 0.717) is 17.6 Å². The summed E-state index contributed by atoms with van der Waals surface area (Å²) in [5, 5.41) is 3.05. The Labute approximate surface area is 118 Å².